The van der Waals surface area contributed by atoms with E-state index in [1.165, 1.54) is 63.5 Å². The molecule has 0 aromatic carbocycles. The van der Waals surface area contributed by atoms with E-state index in [2.05, 4.69) is 40.0 Å². The van der Waals surface area contributed by atoms with Crippen LogP contribution >= 0.6 is 11.8 Å². The van der Waals surface area contributed by atoms with Gasteiger partial charge in [-0.15, -0.1) is 0 Å². The molecule has 16 nitrogen and oxygen atoms in total. The Morgan fingerprint density at radius 3 is 1.67 bits per heavy atom. The predicted molar refractivity (Wildman–Crippen MR) is 226 cm³/mol. The molecule has 5 N–H and O–H groups in total. The van der Waals surface area contributed by atoms with Crippen molar-refractivity contribution in [3.8, 4) is 0 Å². The van der Waals surface area contributed by atoms with Crippen LogP contribution in [-0.4, -0.2) is 167 Å². The maximum absolute atomic E-state index is 14.3. The Kier molecular flexibility index (Phi) is 24.3. The monoisotopic (exact) mass is 829 g/mol. The SMILES string of the molecule is CCCC(=O)N(C)[C@H](CSCCN(CC)CC)C(=O)N(C)[C@@H](CC(C)(C)O)C(=O)N[C@H](C(=O)N(C)[C@@H](CC(C)C)C(=O)N[C@H](C)C(=O)N[C@H](C)C(=O)NC)C(C)C. The summed E-state index contributed by atoms with van der Waals surface area (Å²) < 4.78 is 0. The van der Waals surface area contributed by atoms with E-state index < -0.39 is 83.2 Å². The Morgan fingerprint density at radius 2 is 1.19 bits per heavy atom. The highest BCUT2D eigenvalue weighted by Crippen LogP contribution is 2.21. The molecule has 0 bridgehead atoms. The molecule has 0 saturated heterocycles. The molecule has 0 radical (unpaired) electrons. The molecular weight excluding hydrogens is 753 g/mol. The fourth-order valence-electron chi connectivity index (χ4n) is 6.13. The Morgan fingerprint density at radius 1 is 0.684 bits per heavy atom. The number of carbonyl (C=O) groups is 7. The lowest BCUT2D eigenvalue weighted by Gasteiger charge is -2.38. The largest absolute Gasteiger partial charge is 0.390 e. The lowest BCUT2D eigenvalue weighted by atomic mass is 9.95. The number of likely N-dealkylation sites (N-methyl/N-ethyl adjacent to an activating group) is 4. The summed E-state index contributed by atoms with van der Waals surface area (Å²) in [6.07, 6.45) is 0.935. The smallest absolute Gasteiger partial charge is 0.246 e. The average Bonchev–Trinajstić information content (AvgIpc) is 3.13. The van der Waals surface area contributed by atoms with Crippen LogP contribution in [0.2, 0.25) is 0 Å². The molecule has 0 aliphatic carbocycles. The third-order valence-corrected chi connectivity index (χ3v) is 11.0. The average molecular weight is 829 g/mol. The van der Waals surface area contributed by atoms with Gasteiger partial charge in [0.15, 0.2) is 0 Å². The maximum Gasteiger partial charge on any atom is 0.246 e. The zero-order valence-electron chi connectivity index (χ0n) is 37.5. The van der Waals surface area contributed by atoms with Crippen LogP contribution in [-0.2, 0) is 33.6 Å². The summed E-state index contributed by atoms with van der Waals surface area (Å²) >= 11 is 1.55. The predicted octanol–water partition coefficient (Wildman–Crippen LogP) is 1.45. The van der Waals surface area contributed by atoms with Crippen molar-refractivity contribution in [1.29, 1.82) is 0 Å². The Hall–Kier alpha value is -3.44. The summed E-state index contributed by atoms with van der Waals surface area (Å²) in [5.74, 6) is -2.93. The molecule has 0 spiro atoms. The van der Waals surface area contributed by atoms with Crippen molar-refractivity contribution in [2.75, 3.05) is 59.3 Å². The first kappa shape index (κ1) is 53.6. The zero-order valence-corrected chi connectivity index (χ0v) is 38.3. The lowest BCUT2D eigenvalue weighted by Crippen LogP contribution is -2.61. The van der Waals surface area contributed by atoms with Gasteiger partial charge in [0, 0.05) is 59.1 Å². The second-order valence-corrected chi connectivity index (χ2v) is 17.4. The van der Waals surface area contributed by atoms with Crippen LogP contribution in [0.25, 0.3) is 0 Å². The van der Waals surface area contributed by atoms with Crippen molar-refractivity contribution in [2.24, 2.45) is 11.8 Å². The molecule has 0 rings (SSSR count). The van der Waals surface area contributed by atoms with Crippen molar-refractivity contribution in [1.82, 2.24) is 40.9 Å². The van der Waals surface area contributed by atoms with Gasteiger partial charge in [0.25, 0.3) is 0 Å². The summed E-state index contributed by atoms with van der Waals surface area (Å²) in [5, 5.41) is 21.4. The molecule has 0 aromatic rings. The number of hydrogen-bond donors (Lipinski definition) is 5. The van der Waals surface area contributed by atoms with E-state index in [-0.39, 0.29) is 31.1 Å². The summed E-state index contributed by atoms with van der Waals surface area (Å²) in [6.45, 7) is 22.0. The van der Waals surface area contributed by atoms with Crippen molar-refractivity contribution in [3.05, 3.63) is 0 Å². The van der Waals surface area contributed by atoms with Gasteiger partial charge in [0.1, 0.15) is 36.3 Å². The van der Waals surface area contributed by atoms with Crippen LogP contribution in [0.15, 0.2) is 0 Å². The van der Waals surface area contributed by atoms with Crippen LogP contribution in [0.5, 0.6) is 0 Å². The molecule has 17 heteroatoms. The molecule has 330 valence electrons. The number of amides is 7. The minimum atomic E-state index is -1.40. The lowest BCUT2D eigenvalue weighted by molar-refractivity contribution is -0.149. The van der Waals surface area contributed by atoms with E-state index in [1.807, 2.05) is 20.8 Å². The van der Waals surface area contributed by atoms with Gasteiger partial charge in [-0.2, -0.15) is 11.8 Å². The van der Waals surface area contributed by atoms with E-state index >= 15 is 0 Å². The quantitative estimate of drug-likeness (QED) is 0.0796. The molecule has 57 heavy (non-hydrogen) atoms. The van der Waals surface area contributed by atoms with E-state index in [1.54, 1.807) is 32.7 Å². The first-order valence-electron chi connectivity index (χ1n) is 20.3. The first-order valence-corrected chi connectivity index (χ1v) is 21.5. The fourth-order valence-corrected chi connectivity index (χ4v) is 7.27. The maximum atomic E-state index is 14.3. The van der Waals surface area contributed by atoms with Crippen molar-refractivity contribution < 1.29 is 38.7 Å². The number of aliphatic hydroxyl groups is 1. The first-order chi connectivity index (χ1) is 26.4. The molecule has 0 aliphatic rings. The molecule has 0 heterocycles. The molecule has 6 atom stereocenters. The fraction of sp³-hybridized carbons (Fsp3) is 0.825. The van der Waals surface area contributed by atoms with Gasteiger partial charge >= 0.3 is 0 Å². The number of carbonyl (C=O) groups excluding carboxylic acids is 7. The molecule has 7 amide bonds. The van der Waals surface area contributed by atoms with Crippen LogP contribution in [0, 0.1) is 11.8 Å². The van der Waals surface area contributed by atoms with E-state index in [9.17, 15) is 38.7 Å². The molecule has 0 saturated carbocycles. The molecule has 0 fully saturated rings. The topological polar surface area (TPSA) is 201 Å². The summed E-state index contributed by atoms with van der Waals surface area (Å²) in [6, 6.07) is -6.12. The van der Waals surface area contributed by atoms with Crippen molar-refractivity contribution in [2.45, 2.75) is 144 Å². The van der Waals surface area contributed by atoms with Gasteiger partial charge in [-0.1, -0.05) is 48.5 Å². The van der Waals surface area contributed by atoms with Gasteiger partial charge in [0.2, 0.25) is 41.4 Å². The third-order valence-electron chi connectivity index (χ3n) is 9.94. The summed E-state index contributed by atoms with van der Waals surface area (Å²) in [4.78, 5) is 101. The van der Waals surface area contributed by atoms with Gasteiger partial charge in [-0.05, 0) is 65.5 Å². The van der Waals surface area contributed by atoms with Crippen LogP contribution in [0.1, 0.15) is 102 Å². The van der Waals surface area contributed by atoms with Gasteiger partial charge < -0.3 is 46.0 Å². The van der Waals surface area contributed by atoms with Gasteiger partial charge in [-0.3, -0.25) is 33.6 Å². The highest BCUT2D eigenvalue weighted by molar-refractivity contribution is 7.99. The number of nitrogens with one attached hydrogen (secondary N) is 4. The Bertz CT molecular complexity index is 1320. The molecule has 0 unspecified atom stereocenters. The Labute approximate surface area is 346 Å². The van der Waals surface area contributed by atoms with Gasteiger partial charge in [-0.25, -0.2) is 0 Å². The molecular formula is C40H76N8O8S. The van der Waals surface area contributed by atoms with Crippen LogP contribution in [0.3, 0.4) is 0 Å². The number of thioether (sulfide) groups is 1. The number of nitrogens with zero attached hydrogens (tertiary/aromatic N) is 4. The minimum absolute atomic E-state index is 0.0398. The second-order valence-electron chi connectivity index (χ2n) is 16.3. The summed E-state index contributed by atoms with van der Waals surface area (Å²) in [7, 11) is 5.97. The van der Waals surface area contributed by atoms with E-state index in [0.717, 1.165) is 25.4 Å². The minimum Gasteiger partial charge on any atom is -0.390 e. The zero-order chi connectivity index (χ0) is 44.4. The van der Waals surface area contributed by atoms with Crippen molar-refractivity contribution >= 4 is 53.1 Å². The van der Waals surface area contributed by atoms with E-state index in [4.69, 9.17) is 0 Å². The third kappa shape index (κ3) is 18.4. The van der Waals surface area contributed by atoms with E-state index in [0.29, 0.717) is 12.2 Å². The highest BCUT2D eigenvalue weighted by Gasteiger charge is 2.40. The summed E-state index contributed by atoms with van der Waals surface area (Å²) in [5.41, 5.74) is -1.40. The van der Waals surface area contributed by atoms with Crippen LogP contribution < -0.4 is 21.3 Å². The second kappa shape index (κ2) is 25.8. The highest BCUT2D eigenvalue weighted by atomic mass is 32.2. The normalized spacial score (nSPS) is 14.9. The molecule has 0 aliphatic heterocycles. The standard InChI is InChI=1S/C40H76N8O8S/c1-16-19-32(49)45(13)31(24-57-21-20-48(17-2)18-3)38(54)47(15)30(23-40(10,11)56)37(53)44-33(26(6)7)39(55)46(14)29(22-25(4)5)36(52)43-28(9)35(51)42-27(8)34(50)41-12/h25-31,33,56H,16-24H2,1-15H3,(H,41,50)(H,42,51)(H,43,52)(H,44,53)/t27-,28-,29+,30+,31-,33+/m1/s1. The van der Waals surface area contributed by atoms with Gasteiger partial charge in [0.05, 0.1) is 5.60 Å². The Balaban J connectivity index is 6.51. The molecule has 0 aromatic heterocycles. The van der Waals surface area contributed by atoms with Crippen LogP contribution in [0.4, 0.5) is 0 Å². The number of hydrogen-bond acceptors (Lipinski definition) is 10. The van der Waals surface area contributed by atoms with Crippen molar-refractivity contribution in [3.63, 3.8) is 0 Å². The number of rotatable bonds is 26.